The zero-order valence-corrected chi connectivity index (χ0v) is 8.69. The lowest BCUT2D eigenvalue weighted by Gasteiger charge is -2.21. The standard InChI is InChI=1S/C11H15NO2/c1-11(2,3)14-10-6-4-5-9(7-10)8-12-13/h4-8,13H,1-3H3/b12-8-. The van der Waals surface area contributed by atoms with Gasteiger partial charge in [0.1, 0.15) is 11.4 Å². The van der Waals surface area contributed by atoms with E-state index in [4.69, 9.17) is 9.94 Å². The van der Waals surface area contributed by atoms with Crippen LogP contribution in [0, 0.1) is 0 Å². The predicted octanol–water partition coefficient (Wildman–Crippen LogP) is 2.67. The van der Waals surface area contributed by atoms with Gasteiger partial charge in [0.2, 0.25) is 0 Å². The lowest BCUT2D eigenvalue weighted by molar-refractivity contribution is 0.131. The quantitative estimate of drug-likeness (QED) is 0.445. The van der Waals surface area contributed by atoms with E-state index in [0.29, 0.717) is 0 Å². The topological polar surface area (TPSA) is 41.8 Å². The van der Waals surface area contributed by atoms with Crippen LogP contribution in [0.2, 0.25) is 0 Å². The molecule has 0 aliphatic heterocycles. The van der Waals surface area contributed by atoms with E-state index in [1.165, 1.54) is 6.21 Å². The van der Waals surface area contributed by atoms with Gasteiger partial charge < -0.3 is 9.94 Å². The second-order valence-corrected chi connectivity index (χ2v) is 4.03. The summed E-state index contributed by atoms with van der Waals surface area (Å²) in [6, 6.07) is 7.40. The van der Waals surface area contributed by atoms with Crippen molar-refractivity contribution in [2.24, 2.45) is 5.16 Å². The fourth-order valence-electron chi connectivity index (χ4n) is 1.08. The highest BCUT2D eigenvalue weighted by atomic mass is 16.5. The van der Waals surface area contributed by atoms with E-state index < -0.39 is 0 Å². The summed E-state index contributed by atoms with van der Waals surface area (Å²) in [6.45, 7) is 5.96. The highest BCUT2D eigenvalue weighted by Crippen LogP contribution is 2.18. The first-order chi connectivity index (χ1) is 6.51. The molecule has 0 heterocycles. The minimum absolute atomic E-state index is 0.213. The average molecular weight is 193 g/mol. The van der Waals surface area contributed by atoms with Crippen LogP contribution < -0.4 is 4.74 Å². The Kier molecular flexibility index (Phi) is 3.12. The van der Waals surface area contributed by atoms with E-state index in [9.17, 15) is 0 Å². The zero-order valence-electron chi connectivity index (χ0n) is 8.69. The van der Waals surface area contributed by atoms with Crippen molar-refractivity contribution < 1.29 is 9.94 Å². The molecule has 76 valence electrons. The summed E-state index contributed by atoms with van der Waals surface area (Å²) in [6.07, 6.45) is 1.37. The average Bonchev–Trinajstić information content (AvgIpc) is 2.02. The zero-order chi connectivity index (χ0) is 10.6. The number of rotatable bonds is 2. The highest BCUT2D eigenvalue weighted by Gasteiger charge is 2.11. The van der Waals surface area contributed by atoms with Crippen molar-refractivity contribution >= 4 is 6.21 Å². The van der Waals surface area contributed by atoms with Gasteiger partial charge in [0.05, 0.1) is 6.21 Å². The number of hydrogen-bond acceptors (Lipinski definition) is 3. The Morgan fingerprint density at radius 3 is 2.64 bits per heavy atom. The van der Waals surface area contributed by atoms with Crippen LogP contribution in [-0.2, 0) is 0 Å². The molecule has 0 amide bonds. The van der Waals surface area contributed by atoms with Crippen molar-refractivity contribution in [1.82, 2.24) is 0 Å². The summed E-state index contributed by atoms with van der Waals surface area (Å²) in [5, 5.41) is 11.3. The molecule has 1 N–H and O–H groups in total. The third-order valence-corrected chi connectivity index (χ3v) is 1.49. The molecule has 0 aliphatic rings. The molecule has 0 unspecified atom stereocenters. The molecule has 0 saturated carbocycles. The molecule has 3 nitrogen and oxygen atoms in total. The minimum Gasteiger partial charge on any atom is -0.488 e. The SMILES string of the molecule is CC(C)(C)Oc1cccc(/C=N\O)c1. The molecule has 1 rings (SSSR count). The molecule has 0 radical (unpaired) electrons. The van der Waals surface area contributed by atoms with Crippen LogP contribution in [0.3, 0.4) is 0 Å². The van der Waals surface area contributed by atoms with Gasteiger partial charge in [-0.15, -0.1) is 0 Å². The molecule has 0 atom stereocenters. The van der Waals surface area contributed by atoms with Crippen molar-refractivity contribution in [2.45, 2.75) is 26.4 Å². The lowest BCUT2D eigenvalue weighted by atomic mass is 10.2. The molecule has 0 saturated heterocycles. The Hall–Kier alpha value is -1.51. The number of oxime groups is 1. The molecule has 0 bridgehead atoms. The van der Waals surface area contributed by atoms with Crippen LogP contribution in [0.5, 0.6) is 5.75 Å². The Morgan fingerprint density at radius 1 is 1.36 bits per heavy atom. The Balaban J connectivity index is 2.84. The highest BCUT2D eigenvalue weighted by molar-refractivity contribution is 5.79. The van der Waals surface area contributed by atoms with Gasteiger partial charge in [-0.2, -0.15) is 0 Å². The van der Waals surface area contributed by atoms with Gasteiger partial charge >= 0.3 is 0 Å². The van der Waals surface area contributed by atoms with Gasteiger partial charge in [-0.3, -0.25) is 0 Å². The Labute approximate surface area is 84.0 Å². The number of hydrogen-bond donors (Lipinski definition) is 1. The fraction of sp³-hybridized carbons (Fsp3) is 0.364. The summed E-state index contributed by atoms with van der Waals surface area (Å²) in [4.78, 5) is 0. The molecular formula is C11H15NO2. The summed E-state index contributed by atoms with van der Waals surface area (Å²) in [7, 11) is 0. The van der Waals surface area contributed by atoms with Crippen LogP contribution in [0.25, 0.3) is 0 Å². The number of benzene rings is 1. The van der Waals surface area contributed by atoms with Crippen LogP contribution >= 0.6 is 0 Å². The first-order valence-corrected chi connectivity index (χ1v) is 4.48. The van der Waals surface area contributed by atoms with Gasteiger partial charge in [-0.05, 0) is 38.5 Å². The van der Waals surface area contributed by atoms with E-state index >= 15 is 0 Å². The third-order valence-electron chi connectivity index (χ3n) is 1.49. The van der Waals surface area contributed by atoms with Gasteiger partial charge in [0.25, 0.3) is 0 Å². The third kappa shape index (κ3) is 3.47. The maximum Gasteiger partial charge on any atom is 0.120 e. The normalized spacial score (nSPS) is 11.9. The molecule has 3 heteroatoms. The van der Waals surface area contributed by atoms with E-state index in [1.807, 2.05) is 45.0 Å². The molecule has 0 aliphatic carbocycles. The number of ether oxygens (including phenoxy) is 1. The molecule has 1 aromatic rings. The number of nitrogens with zero attached hydrogens (tertiary/aromatic N) is 1. The fourth-order valence-corrected chi connectivity index (χ4v) is 1.08. The van der Waals surface area contributed by atoms with E-state index in [1.54, 1.807) is 0 Å². The molecule has 1 aromatic carbocycles. The summed E-state index contributed by atoms with van der Waals surface area (Å²) in [5.74, 6) is 0.773. The van der Waals surface area contributed by atoms with E-state index in [2.05, 4.69) is 5.16 Å². The van der Waals surface area contributed by atoms with Gasteiger partial charge in [-0.1, -0.05) is 17.3 Å². The first kappa shape index (κ1) is 10.6. The monoisotopic (exact) mass is 193 g/mol. The molecule has 0 fully saturated rings. The molecular weight excluding hydrogens is 178 g/mol. The maximum absolute atomic E-state index is 8.37. The smallest absolute Gasteiger partial charge is 0.120 e. The molecule has 0 spiro atoms. The second-order valence-electron chi connectivity index (χ2n) is 4.03. The van der Waals surface area contributed by atoms with Crippen molar-refractivity contribution in [3.63, 3.8) is 0 Å². The summed E-state index contributed by atoms with van der Waals surface area (Å²) >= 11 is 0. The van der Waals surface area contributed by atoms with Crippen molar-refractivity contribution in [3.05, 3.63) is 29.8 Å². The maximum atomic E-state index is 8.37. The Bertz CT molecular complexity index is 326. The van der Waals surface area contributed by atoms with E-state index in [0.717, 1.165) is 11.3 Å². The van der Waals surface area contributed by atoms with Crippen LogP contribution in [0.15, 0.2) is 29.4 Å². The van der Waals surface area contributed by atoms with Crippen LogP contribution in [0.4, 0.5) is 0 Å². The lowest BCUT2D eigenvalue weighted by Crippen LogP contribution is -2.22. The van der Waals surface area contributed by atoms with Gasteiger partial charge in [0, 0.05) is 0 Å². The van der Waals surface area contributed by atoms with Crippen LogP contribution in [0.1, 0.15) is 26.3 Å². The van der Waals surface area contributed by atoms with Crippen LogP contribution in [-0.4, -0.2) is 17.0 Å². The van der Waals surface area contributed by atoms with Crippen molar-refractivity contribution in [2.75, 3.05) is 0 Å². The van der Waals surface area contributed by atoms with Gasteiger partial charge in [-0.25, -0.2) is 0 Å². The summed E-state index contributed by atoms with van der Waals surface area (Å²) in [5.41, 5.74) is 0.601. The largest absolute Gasteiger partial charge is 0.488 e. The van der Waals surface area contributed by atoms with Gasteiger partial charge in [0.15, 0.2) is 0 Å². The summed E-state index contributed by atoms with van der Waals surface area (Å²) < 4.78 is 5.65. The predicted molar refractivity (Wildman–Crippen MR) is 56.2 cm³/mol. The minimum atomic E-state index is -0.213. The Morgan fingerprint density at radius 2 is 2.07 bits per heavy atom. The van der Waals surface area contributed by atoms with Crippen molar-refractivity contribution in [3.8, 4) is 5.75 Å². The van der Waals surface area contributed by atoms with E-state index in [-0.39, 0.29) is 5.60 Å². The first-order valence-electron chi connectivity index (χ1n) is 4.48. The van der Waals surface area contributed by atoms with Crippen molar-refractivity contribution in [1.29, 1.82) is 0 Å². The second kappa shape index (κ2) is 4.13. The molecule has 0 aromatic heterocycles. The molecule has 14 heavy (non-hydrogen) atoms.